The van der Waals surface area contributed by atoms with E-state index in [1.807, 2.05) is 24.3 Å². The Balaban J connectivity index is 2.13. The van der Waals surface area contributed by atoms with Crippen LogP contribution in [0.1, 0.15) is 12.0 Å². The third kappa shape index (κ3) is 1.95. The number of nitrogens with zero attached hydrogens (tertiary/aromatic N) is 1. The third-order valence-electron chi connectivity index (χ3n) is 2.69. The normalized spacial score (nSPS) is 19.4. The first-order chi connectivity index (χ1) is 7.59. The number of amides is 2. The number of likely N-dealkylation sites (tertiary alicyclic amines) is 1. The van der Waals surface area contributed by atoms with Gasteiger partial charge in [-0.15, -0.1) is 0 Å². The van der Waals surface area contributed by atoms with Crippen LogP contribution in [0, 0.1) is 0 Å². The minimum atomic E-state index is -0.445. The lowest BCUT2D eigenvalue weighted by atomic mass is 10.00. The topological polar surface area (TPSA) is 63.4 Å². The summed E-state index contributed by atoms with van der Waals surface area (Å²) in [5.41, 5.74) is 6.17. The Morgan fingerprint density at radius 1 is 1.50 bits per heavy atom. The summed E-state index contributed by atoms with van der Waals surface area (Å²) in [6, 6.07) is 7.16. The number of hydrogen-bond donors (Lipinski definition) is 1. The molecule has 84 valence electrons. The van der Waals surface area contributed by atoms with Crippen LogP contribution in [0.2, 0.25) is 0 Å². The molecule has 0 aliphatic carbocycles. The summed E-state index contributed by atoms with van der Waals surface area (Å²) in [6.45, 7) is 0.424. The van der Waals surface area contributed by atoms with Crippen LogP contribution in [0.25, 0.3) is 0 Å². The van der Waals surface area contributed by atoms with Crippen molar-refractivity contribution in [3.05, 3.63) is 34.3 Å². The van der Waals surface area contributed by atoms with Crippen LogP contribution in [-0.4, -0.2) is 22.8 Å². The zero-order chi connectivity index (χ0) is 11.7. The minimum Gasteiger partial charge on any atom is -0.368 e. The van der Waals surface area contributed by atoms with Crippen molar-refractivity contribution in [3.63, 3.8) is 0 Å². The van der Waals surface area contributed by atoms with Crippen molar-refractivity contribution < 1.29 is 9.59 Å². The Kier molecular flexibility index (Phi) is 2.96. The molecule has 1 aliphatic heterocycles. The van der Waals surface area contributed by atoms with Gasteiger partial charge in [0.05, 0.1) is 6.42 Å². The predicted octanol–water partition coefficient (Wildman–Crippen LogP) is 1.04. The van der Waals surface area contributed by atoms with Gasteiger partial charge in [0.2, 0.25) is 11.8 Å². The van der Waals surface area contributed by atoms with Crippen molar-refractivity contribution >= 4 is 27.7 Å². The number of primary amides is 1. The van der Waals surface area contributed by atoms with Gasteiger partial charge in [-0.05, 0) is 11.6 Å². The lowest BCUT2D eigenvalue weighted by Gasteiger charge is -2.38. The van der Waals surface area contributed by atoms with E-state index in [0.29, 0.717) is 6.54 Å². The summed E-state index contributed by atoms with van der Waals surface area (Å²) < 4.78 is 0.929. The molecule has 1 atom stereocenters. The van der Waals surface area contributed by atoms with Gasteiger partial charge in [-0.2, -0.15) is 0 Å². The number of β-lactam (4-membered cyclic amide) rings is 1. The largest absolute Gasteiger partial charge is 0.368 e. The van der Waals surface area contributed by atoms with Crippen molar-refractivity contribution in [2.24, 2.45) is 5.73 Å². The zero-order valence-corrected chi connectivity index (χ0v) is 10.1. The van der Waals surface area contributed by atoms with Crippen molar-refractivity contribution in [1.82, 2.24) is 4.90 Å². The number of carbonyl (C=O) groups is 2. The maximum Gasteiger partial charge on any atom is 0.240 e. The molecule has 0 bridgehead atoms. The van der Waals surface area contributed by atoms with Crippen molar-refractivity contribution in [2.75, 3.05) is 0 Å². The summed E-state index contributed by atoms with van der Waals surface area (Å²) in [4.78, 5) is 23.9. The summed E-state index contributed by atoms with van der Waals surface area (Å²) in [5, 5.41) is 0. The highest BCUT2D eigenvalue weighted by Gasteiger charge is 2.39. The second-order valence-electron chi connectivity index (χ2n) is 3.74. The molecule has 5 heteroatoms. The SMILES string of the molecule is NC(=O)[C@H]1CC(=O)N1Cc1ccccc1Br. The molecule has 1 aromatic rings. The first kappa shape index (κ1) is 11.1. The first-order valence-corrected chi connectivity index (χ1v) is 5.71. The Morgan fingerprint density at radius 3 is 2.75 bits per heavy atom. The van der Waals surface area contributed by atoms with Crippen LogP contribution in [-0.2, 0) is 16.1 Å². The fourth-order valence-corrected chi connectivity index (χ4v) is 2.13. The van der Waals surface area contributed by atoms with E-state index >= 15 is 0 Å². The summed E-state index contributed by atoms with van der Waals surface area (Å²) in [5.74, 6) is -0.466. The molecule has 2 N–H and O–H groups in total. The number of halogens is 1. The van der Waals surface area contributed by atoms with Crippen molar-refractivity contribution in [1.29, 1.82) is 0 Å². The Morgan fingerprint density at radius 2 is 2.19 bits per heavy atom. The van der Waals surface area contributed by atoms with Gasteiger partial charge in [0.25, 0.3) is 0 Å². The number of carbonyl (C=O) groups excluding carboxylic acids is 2. The highest BCUT2D eigenvalue weighted by Crippen LogP contribution is 2.25. The molecule has 16 heavy (non-hydrogen) atoms. The molecule has 1 fully saturated rings. The molecular formula is C11H11BrN2O2. The average molecular weight is 283 g/mol. The molecule has 1 saturated heterocycles. The molecule has 0 saturated carbocycles. The lowest BCUT2D eigenvalue weighted by Crippen LogP contribution is -2.57. The monoisotopic (exact) mass is 282 g/mol. The highest BCUT2D eigenvalue weighted by molar-refractivity contribution is 9.10. The van der Waals surface area contributed by atoms with E-state index in [4.69, 9.17) is 5.73 Å². The van der Waals surface area contributed by atoms with Gasteiger partial charge in [0.15, 0.2) is 0 Å². The van der Waals surface area contributed by atoms with Gasteiger partial charge >= 0.3 is 0 Å². The van der Waals surface area contributed by atoms with Gasteiger partial charge in [-0.3, -0.25) is 9.59 Å². The molecule has 0 unspecified atom stereocenters. The number of benzene rings is 1. The van der Waals surface area contributed by atoms with Crippen LogP contribution in [0.4, 0.5) is 0 Å². The van der Waals surface area contributed by atoms with Crippen LogP contribution in [0.15, 0.2) is 28.7 Å². The molecule has 4 nitrogen and oxygen atoms in total. The van der Waals surface area contributed by atoms with E-state index in [1.54, 1.807) is 0 Å². The highest BCUT2D eigenvalue weighted by atomic mass is 79.9. The molecule has 1 heterocycles. The molecular weight excluding hydrogens is 272 g/mol. The van der Waals surface area contributed by atoms with Crippen LogP contribution in [0.5, 0.6) is 0 Å². The van der Waals surface area contributed by atoms with Gasteiger partial charge < -0.3 is 10.6 Å². The maximum absolute atomic E-state index is 11.4. The zero-order valence-electron chi connectivity index (χ0n) is 8.52. The van der Waals surface area contributed by atoms with Gasteiger partial charge in [-0.25, -0.2) is 0 Å². The number of hydrogen-bond acceptors (Lipinski definition) is 2. The average Bonchev–Trinajstić information content (AvgIpc) is 2.24. The van der Waals surface area contributed by atoms with E-state index < -0.39 is 11.9 Å². The summed E-state index contributed by atoms with van der Waals surface area (Å²) in [7, 11) is 0. The molecule has 0 radical (unpaired) electrons. The summed E-state index contributed by atoms with van der Waals surface area (Å²) >= 11 is 3.40. The fourth-order valence-electron chi connectivity index (χ4n) is 1.72. The van der Waals surface area contributed by atoms with E-state index in [2.05, 4.69) is 15.9 Å². The Bertz CT molecular complexity index is 447. The molecule has 0 aromatic heterocycles. The molecule has 2 rings (SSSR count). The minimum absolute atomic E-state index is 0.0282. The smallest absolute Gasteiger partial charge is 0.240 e. The molecule has 2 amide bonds. The van der Waals surface area contributed by atoms with Crippen LogP contribution < -0.4 is 5.73 Å². The van der Waals surface area contributed by atoms with Gasteiger partial charge in [0, 0.05) is 11.0 Å². The van der Waals surface area contributed by atoms with Crippen molar-refractivity contribution in [2.45, 2.75) is 19.0 Å². The second-order valence-corrected chi connectivity index (χ2v) is 4.59. The van der Waals surface area contributed by atoms with E-state index in [-0.39, 0.29) is 12.3 Å². The Hall–Kier alpha value is -1.36. The lowest BCUT2D eigenvalue weighted by molar-refractivity contribution is -0.153. The molecule has 0 spiro atoms. The number of rotatable bonds is 3. The van der Waals surface area contributed by atoms with Crippen LogP contribution in [0.3, 0.4) is 0 Å². The molecule has 1 aliphatic rings. The molecule has 1 aromatic carbocycles. The fraction of sp³-hybridized carbons (Fsp3) is 0.273. The second kappa shape index (κ2) is 4.25. The van der Waals surface area contributed by atoms with Crippen molar-refractivity contribution in [3.8, 4) is 0 Å². The standard InChI is InChI=1S/C11H11BrN2O2/c12-8-4-2-1-3-7(8)6-14-9(11(13)16)5-10(14)15/h1-4,9H,5-6H2,(H2,13,16)/t9-/m1/s1. The van der Waals surface area contributed by atoms with Gasteiger partial charge in [0.1, 0.15) is 6.04 Å². The maximum atomic E-state index is 11.4. The van der Waals surface area contributed by atoms with E-state index in [1.165, 1.54) is 4.90 Å². The van der Waals surface area contributed by atoms with Crippen LogP contribution >= 0.6 is 15.9 Å². The number of nitrogens with two attached hydrogens (primary N) is 1. The first-order valence-electron chi connectivity index (χ1n) is 4.92. The Labute approximate surface area is 102 Å². The predicted molar refractivity (Wildman–Crippen MR) is 62.3 cm³/mol. The van der Waals surface area contributed by atoms with E-state index in [9.17, 15) is 9.59 Å². The third-order valence-corrected chi connectivity index (χ3v) is 3.47. The quantitative estimate of drug-likeness (QED) is 0.842. The summed E-state index contributed by atoms with van der Waals surface area (Å²) in [6.07, 6.45) is 0.236. The van der Waals surface area contributed by atoms with E-state index in [0.717, 1.165) is 10.0 Å². The van der Waals surface area contributed by atoms with Gasteiger partial charge in [-0.1, -0.05) is 34.1 Å².